The van der Waals surface area contributed by atoms with Crippen LogP contribution >= 0.6 is 12.2 Å². The fourth-order valence-corrected chi connectivity index (χ4v) is 3.45. The van der Waals surface area contributed by atoms with Gasteiger partial charge in [0.25, 0.3) is 0 Å². The second-order valence-electron chi connectivity index (χ2n) is 5.94. The van der Waals surface area contributed by atoms with Crippen LogP contribution in [-0.2, 0) is 4.79 Å². The number of allylic oxidation sites excluding steroid dienone is 1. The van der Waals surface area contributed by atoms with Crippen LogP contribution in [0.4, 0.5) is 0 Å². The molecule has 0 spiro atoms. The van der Waals surface area contributed by atoms with Crippen LogP contribution < -0.4 is 14.8 Å². The lowest BCUT2D eigenvalue weighted by atomic mass is 9.92. The highest BCUT2D eigenvalue weighted by atomic mass is 32.1. The van der Waals surface area contributed by atoms with Crippen LogP contribution in [0, 0.1) is 0 Å². The number of carbonyl (C=O) groups excluding carboxylic acids is 1. The molecule has 1 aliphatic heterocycles. The summed E-state index contributed by atoms with van der Waals surface area (Å²) in [7, 11) is 1.62. The number of hydrogen-bond donors (Lipinski definition) is 1. The number of ketones is 1. The molecule has 0 aromatic heterocycles. The van der Waals surface area contributed by atoms with Gasteiger partial charge in [-0.25, -0.2) is 0 Å². The molecule has 6 heteroatoms. The van der Waals surface area contributed by atoms with E-state index in [0.29, 0.717) is 29.8 Å². The molecule has 5 nitrogen and oxygen atoms in total. The van der Waals surface area contributed by atoms with Gasteiger partial charge in [-0.3, -0.25) is 4.79 Å². The van der Waals surface area contributed by atoms with Gasteiger partial charge in [0.1, 0.15) is 0 Å². The minimum Gasteiger partial charge on any atom is -0.493 e. The van der Waals surface area contributed by atoms with Crippen LogP contribution in [0.5, 0.6) is 11.5 Å². The summed E-state index contributed by atoms with van der Waals surface area (Å²) in [5, 5.41) is 3.93. The second-order valence-corrected chi connectivity index (χ2v) is 6.33. The van der Waals surface area contributed by atoms with Gasteiger partial charge in [-0.15, -0.1) is 0 Å². The first-order valence-corrected chi connectivity index (χ1v) is 8.95. The zero-order valence-corrected chi connectivity index (χ0v) is 16.3. The Morgan fingerprint density at radius 3 is 2.60 bits per heavy atom. The quantitative estimate of drug-likeness (QED) is 0.748. The Balaban J connectivity index is 2.50. The molecule has 1 atom stereocenters. The van der Waals surface area contributed by atoms with E-state index in [4.69, 9.17) is 21.7 Å². The summed E-state index contributed by atoms with van der Waals surface area (Å²) in [5.74, 6) is 1.38. The maximum atomic E-state index is 12.3. The lowest BCUT2D eigenvalue weighted by molar-refractivity contribution is -0.114. The summed E-state index contributed by atoms with van der Waals surface area (Å²) in [4.78, 5) is 14.3. The van der Waals surface area contributed by atoms with Crippen LogP contribution in [0.3, 0.4) is 0 Å². The molecule has 0 bridgehead atoms. The zero-order valence-electron chi connectivity index (χ0n) is 15.5. The smallest absolute Gasteiger partial charge is 0.173 e. The van der Waals surface area contributed by atoms with Crippen molar-refractivity contribution in [3.8, 4) is 11.5 Å². The highest BCUT2D eigenvalue weighted by Crippen LogP contribution is 2.36. The Bertz CT molecular complexity index is 700. The number of hydrogen-bond acceptors (Lipinski definition) is 4. The number of thiocarbonyl (C=S) groups is 1. The number of ether oxygens (including phenoxy) is 2. The number of nitrogens with one attached hydrogen (secondary N) is 1. The fraction of sp³-hybridized carbons (Fsp3) is 0.474. The third-order valence-corrected chi connectivity index (χ3v) is 4.61. The lowest BCUT2D eigenvalue weighted by Gasteiger charge is -2.37. The van der Waals surface area contributed by atoms with E-state index < -0.39 is 0 Å². The van der Waals surface area contributed by atoms with Crippen molar-refractivity contribution in [3.05, 3.63) is 35.0 Å². The van der Waals surface area contributed by atoms with Gasteiger partial charge in [0.2, 0.25) is 0 Å². The molecule has 25 heavy (non-hydrogen) atoms. The van der Waals surface area contributed by atoms with Gasteiger partial charge in [-0.2, -0.15) is 0 Å². The minimum atomic E-state index is -0.289. The van der Waals surface area contributed by atoms with Gasteiger partial charge in [0.05, 0.1) is 19.8 Å². The van der Waals surface area contributed by atoms with Gasteiger partial charge in [-0.05, 0) is 57.1 Å². The molecule has 1 heterocycles. The van der Waals surface area contributed by atoms with E-state index >= 15 is 0 Å². The van der Waals surface area contributed by atoms with Crippen LogP contribution in [0.25, 0.3) is 0 Å². The van der Waals surface area contributed by atoms with Gasteiger partial charge in [0, 0.05) is 17.8 Å². The highest BCUT2D eigenvalue weighted by molar-refractivity contribution is 7.80. The van der Waals surface area contributed by atoms with Crippen molar-refractivity contribution in [1.82, 2.24) is 10.2 Å². The van der Waals surface area contributed by atoms with Crippen LogP contribution in [0.2, 0.25) is 0 Å². The van der Waals surface area contributed by atoms with E-state index in [1.165, 1.54) is 0 Å². The molecule has 0 amide bonds. The summed E-state index contributed by atoms with van der Waals surface area (Å²) in [6, 6.07) is 5.44. The van der Waals surface area contributed by atoms with Gasteiger partial charge < -0.3 is 19.7 Å². The SMILES string of the molecule is CCCOc1cc(C2NC(=S)N(CC)C(C)=C2C(C)=O)ccc1OC. The van der Waals surface area contributed by atoms with Gasteiger partial charge >= 0.3 is 0 Å². The molecular weight excluding hydrogens is 336 g/mol. The Morgan fingerprint density at radius 1 is 1.32 bits per heavy atom. The summed E-state index contributed by atoms with van der Waals surface area (Å²) in [5.41, 5.74) is 2.55. The van der Waals surface area contributed by atoms with E-state index in [2.05, 4.69) is 12.2 Å². The van der Waals surface area contributed by atoms with Crippen molar-refractivity contribution in [2.24, 2.45) is 0 Å². The normalized spacial score (nSPS) is 17.4. The number of rotatable bonds is 7. The van der Waals surface area contributed by atoms with E-state index in [0.717, 1.165) is 23.3 Å². The van der Waals surface area contributed by atoms with Crippen molar-refractivity contribution >= 4 is 23.1 Å². The predicted octanol–water partition coefficient (Wildman–Crippen LogP) is 3.60. The van der Waals surface area contributed by atoms with Crippen molar-refractivity contribution in [1.29, 1.82) is 0 Å². The summed E-state index contributed by atoms with van der Waals surface area (Å²) in [6.07, 6.45) is 0.905. The number of methoxy groups -OCH3 is 1. The zero-order chi connectivity index (χ0) is 18.6. The molecule has 136 valence electrons. The molecule has 2 rings (SSSR count). The monoisotopic (exact) mass is 362 g/mol. The van der Waals surface area contributed by atoms with Crippen LogP contribution in [0.1, 0.15) is 45.7 Å². The van der Waals surface area contributed by atoms with E-state index in [-0.39, 0.29) is 11.8 Å². The van der Waals surface area contributed by atoms with Crippen molar-refractivity contribution in [2.45, 2.75) is 40.2 Å². The predicted molar refractivity (Wildman–Crippen MR) is 103 cm³/mol. The van der Waals surface area contributed by atoms with E-state index in [1.54, 1.807) is 14.0 Å². The maximum Gasteiger partial charge on any atom is 0.173 e. The Hall–Kier alpha value is -2.08. The third-order valence-electron chi connectivity index (χ3n) is 4.27. The molecule has 1 N–H and O–H groups in total. The number of carbonyl (C=O) groups is 1. The molecule has 0 radical (unpaired) electrons. The average molecular weight is 362 g/mol. The van der Waals surface area contributed by atoms with Crippen molar-refractivity contribution in [3.63, 3.8) is 0 Å². The first-order valence-electron chi connectivity index (χ1n) is 8.55. The topological polar surface area (TPSA) is 50.8 Å². The summed E-state index contributed by atoms with van der Waals surface area (Å²) < 4.78 is 11.2. The van der Waals surface area contributed by atoms with E-state index in [1.807, 2.05) is 36.9 Å². The first kappa shape index (κ1) is 19.2. The maximum absolute atomic E-state index is 12.3. The Kier molecular flexibility index (Phi) is 6.42. The lowest BCUT2D eigenvalue weighted by Crippen LogP contribution is -2.47. The number of Topliss-reactive ketones (excluding diaryl/α,β-unsaturated/α-hetero) is 1. The third kappa shape index (κ3) is 3.95. The molecule has 0 saturated heterocycles. The molecule has 0 fully saturated rings. The Labute approximate surface area is 155 Å². The first-order chi connectivity index (χ1) is 11.9. The number of benzene rings is 1. The molecule has 1 aromatic carbocycles. The van der Waals surface area contributed by atoms with Crippen molar-refractivity contribution < 1.29 is 14.3 Å². The number of nitrogens with zero attached hydrogens (tertiary/aromatic N) is 1. The minimum absolute atomic E-state index is 0.0304. The van der Waals surface area contributed by atoms with Crippen LogP contribution in [0.15, 0.2) is 29.5 Å². The molecular formula is C19H26N2O3S. The molecule has 0 aliphatic carbocycles. The Morgan fingerprint density at radius 2 is 2.04 bits per heavy atom. The largest absolute Gasteiger partial charge is 0.493 e. The summed E-state index contributed by atoms with van der Waals surface area (Å²) in [6.45, 7) is 8.92. The summed E-state index contributed by atoms with van der Waals surface area (Å²) >= 11 is 5.48. The van der Waals surface area contributed by atoms with Gasteiger partial charge in [0.15, 0.2) is 22.4 Å². The van der Waals surface area contributed by atoms with E-state index in [9.17, 15) is 4.79 Å². The molecule has 1 aromatic rings. The average Bonchev–Trinajstić information content (AvgIpc) is 2.59. The van der Waals surface area contributed by atoms with Gasteiger partial charge in [-0.1, -0.05) is 13.0 Å². The molecule has 1 aliphatic rings. The fourth-order valence-electron chi connectivity index (χ4n) is 3.07. The second kappa shape index (κ2) is 8.34. The van der Waals surface area contributed by atoms with Crippen molar-refractivity contribution in [2.75, 3.05) is 20.3 Å². The molecule has 1 unspecified atom stereocenters. The standard InChI is InChI=1S/C19H26N2O3S/c1-6-10-24-16-11-14(8-9-15(16)23-5)18-17(13(4)22)12(3)21(7-2)19(25)20-18/h8-9,11,18H,6-7,10H2,1-5H3,(H,20,25). The van der Waals surface area contributed by atoms with Crippen LogP contribution in [-0.4, -0.2) is 36.1 Å². The molecule has 0 saturated carbocycles. The highest BCUT2D eigenvalue weighted by Gasteiger charge is 2.32.